The fourth-order valence-corrected chi connectivity index (χ4v) is 0.641. The Labute approximate surface area is 63.7 Å². The smallest absolute Gasteiger partial charge is 0.0223 e. The van der Waals surface area contributed by atoms with Gasteiger partial charge in [0.15, 0.2) is 0 Å². The van der Waals surface area contributed by atoms with Gasteiger partial charge in [-0.05, 0) is 12.3 Å². The summed E-state index contributed by atoms with van der Waals surface area (Å²) in [5.74, 6) is 0.683. The van der Waals surface area contributed by atoms with Gasteiger partial charge in [-0.25, -0.2) is 0 Å². The van der Waals surface area contributed by atoms with E-state index >= 15 is 0 Å². The number of hydrogen-bond donors (Lipinski definition) is 1. The molecule has 0 unspecified atom stereocenters. The highest BCUT2D eigenvalue weighted by atomic mass is 35.5. The van der Waals surface area contributed by atoms with Crippen molar-refractivity contribution < 1.29 is 0 Å². The van der Waals surface area contributed by atoms with Crippen molar-refractivity contribution in [3.8, 4) is 0 Å². The molecular weight excluding hydrogens is 134 g/mol. The van der Waals surface area contributed by atoms with Gasteiger partial charge in [0.1, 0.15) is 0 Å². The van der Waals surface area contributed by atoms with Crippen LogP contribution in [0.2, 0.25) is 0 Å². The average Bonchev–Trinajstić information content (AvgIpc) is 1.65. The van der Waals surface area contributed by atoms with E-state index in [1.165, 1.54) is 0 Å². The summed E-state index contributed by atoms with van der Waals surface area (Å²) in [7, 11) is 0. The fraction of sp³-hybridized carbons (Fsp3) is 0.714. The Balaban J connectivity index is 0. The van der Waals surface area contributed by atoms with E-state index < -0.39 is 0 Å². The first kappa shape index (κ1) is 11.7. The Morgan fingerprint density at radius 1 is 1.56 bits per heavy atom. The van der Waals surface area contributed by atoms with E-state index in [2.05, 4.69) is 20.4 Å². The van der Waals surface area contributed by atoms with Gasteiger partial charge in [0.25, 0.3) is 0 Å². The van der Waals surface area contributed by atoms with Crippen molar-refractivity contribution in [1.82, 2.24) is 0 Å². The SMILES string of the molecule is C=C[C@@H](N)CC(C)C.Cl. The minimum Gasteiger partial charge on any atom is -0.324 e. The first-order chi connectivity index (χ1) is 3.66. The maximum Gasteiger partial charge on any atom is 0.0223 e. The third kappa shape index (κ3) is 7.99. The first-order valence-corrected chi connectivity index (χ1v) is 3.05. The molecule has 2 N–H and O–H groups in total. The quantitative estimate of drug-likeness (QED) is 0.611. The molecule has 0 aromatic heterocycles. The van der Waals surface area contributed by atoms with E-state index in [9.17, 15) is 0 Å². The van der Waals surface area contributed by atoms with Crippen LogP contribution in [0.3, 0.4) is 0 Å². The molecule has 0 heterocycles. The molecular formula is C7H16ClN. The second kappa shape index (κ2) is 6.12. The van der Waals surface area contributed by atoms with Crippen LogP contribution in [0.25, 0.3) is 0 Å². The molecule has 0 saturated carbocycles. The summed E-state index contributed by atoms with van der Waals surface area (Å²) >= 11 is 0. The van der Waals surface area contributed by atoms with Crippen molar-refractivity contribution in [3.63, 3.8) is 0 Å². The van der Waals surface area contributed by atoms with Crippen molar-refractivity contribution in [2.24, 2.45) is 11.7 Å². The Bertz CT molecular complexity index is 71.3. The standard InChI is InChI=1S/C7H15N.ClH/c1-4-7(8)5-6(2)3;/h4,6-7H,1,5,8H2,2-3H3;1H/t7-;/m1./s1. The summed E-state index contributed by atoms with van der Waals surface area (Å²) in [6.07, 6.45) is 2.84. The molecule has 0 fully saturated rings. The molecule has 0 spiro atoms. The normalized spacial score (nSPS) is 12.4. The third-order valence-corrected chi connectivity index (χ3v) is 1.05. The Kier molecular flexibility index (Phi) is 7.98. The minimum atomic E-state index is 0. The van der Waals surface area contributed by atoms with Crippen molar-refractivity contribution in [1.29, 1.82) is 0 Å². The molecule has 0 bridgehead atoms. The number of halogens is 1. The zero-order valence-corrected chi connectivity index (χ0v) is 6.95. The lowest BCUT2D eigenvalue weighted by Crippen LogP contribution is -2.18. The van der Waals surface area contributed by atoms with Crippen LogP contribution in [-0.4, -0.2) is 6.04 Å². The molecule has 0 saturated heterocycles. The van der Waals surface area contributed by atoms with Gasteiger partial charge >= 0.3 is 0 Å². The minimum absolute atomic E-state index is 0. The molecule has 9 heavy (non-hydrogen) atoms. The van der Waals surface area contributed by atoms with E-state index in [1.807, 2.05) is 0 Å². The van der Waals surface area contributed by atoms with E-state index in [-0.39, 0.29) is 18.4 Å². The van der Waals surface area contributed by atoms with Crippen LogP contribution in [0, 0.1) is 5.92 Å². The van der Waals surface area contributed by atoms with Crippen LogP contribution >= 0.6 is 12.4 Å². The first-order valence-electron chi connectivity index (χ1n) is 3.05. The van der Waals surface area contributed by atoms with Crippen LogP contribution < -0.4 is 5.73 Å². The molecule has 1 atom stereocenters. The summed E-state index contributed by atoms with van der Waals surface area (Å²) in [6, 6.07) is 0.190. The van der Waals surface area contributed by atoms with Crippen molar-refractivity contribution in [2.75, 3.05) is 0 Å². The average molecular weight is 150 g/mol. The van der Waals surface area contributed by atoms with Crippen molar-refractivity contribution >= 4 is 12.4 Å². The molecule has 2 heteroatoms. The van der Waals surface area contributed by atoms with Gasteiger partial charge in [-0.2, -0.15) is 0 Å². The maximum absolute atomic E-state index is 5.56. The third-order valence-electron chi connectivity index (χ3n) is 1.05. The van der Waals surface area contributed by atoms with E-state index in [0.717, 1.165) is 6.42 Å². The predicted molar refractivity (Wildman–Crippen MR) is 44.9 cm³/mol. The van der Waals surface area contributed by atoms with Gasteiger partial charge in [0, 0.05) is 6.04 Å². The highest BCUT2D eigenvalue weighted by Gasteiger charge is 1.98. The second-order valence-corrected chi connectivity index (χ2v) is 2.53. The van der Waals surface area contributed by atoms with Gasteiger partial charge in [0.2, 0.25) is 0 Å². The predicted octanol–water partition coefficient (Wildman–Crippen LogP) is 1.97. The number of nitrogens with two attached hydrogens (primary N) is 1. The summed E-state index contributed by atoms with van der Waals surface area (Å²) in [5, 5.41) is 0. The Hall–Kier alpha value is -0.0100. The van der Waals surface area contributed by atoms with Gasteiger partial charge in [-0.1, -0.05) is 19.9 Å². The van der Waals surface area contributed by atoms with Gasteiger partial charge in [-0.3, -0.25) is 0 Å². The lowest BCUT2D eigenvalue weighted by Gasteiger charge is -2.07. The maximum atomic E-state index is 5.56. The highest BCUT2D eigenvalue weighted by molar-refractivity contribution is 5.85. The summed E-state index contributed by atoms with van der Waals surface area (Å²) in [4.78, 5) is 0. The topological polar surface area (TPSA) is 26.0 Å². The fourth-order valence-electron chi connectivity index (χ4n) is 0.641. The zero-order chi connectivity index (χ0) is 6.57. The van der Waals surface area contributed by atoms with Crippen LogP contribution in [0.5, 0.6) is 0 Å². The van der Waals surface area contributed by atoms with Gasteiger partial charge in [-0.15, -0.1) is 19.0 Å². The summed E-state index contributed by atoms with van der Waals surface area (Å²) in [5.41, 5.74) is 5.56. The molecule has 1 nitrogen and oxygen atoms in total. The largest absolute Gasteiger partial charge is 0.324 e. The van der Waals surface area contributed by atoms with E-state index in [4.69, 9.17) is 5.73 Å². The van der Waals surface area contributed by atoms with Gasteiger partial charge in [0.05, 0.1) is 0 Å². The van der Waals surface area contributed by atoms with Crippen LogP contribution in [0.1, 0.15) is 20.3 Å². The summed E-state index contributed by atoms with van der Waals surface area (Å²) < 4.78 is 0. The van der Waals surface area contributed by atoms with Crippen LogP contribution in [0.4, 0.5) is 0 Å². The van der Waals surface area contributed by atoms with Gasteiger partial charge < -0.3 is 5.73 Å². The van der Waals surface area contributed by atoms with Crippen molar-refractivity contribution in [2.45, 2.75) is 26.3 Å². The molecule has 0 aromatic rings. The molecule has 0 rings (SSSR count). The molecule has 0 aliphatic rings. The summed E-state index contributed by atoms with van der Waals surface area (Å²) in [6.45, 7) is 7.90. The lowest BCUT2D eigenvalue weighted by atomic mass is 10.1. The Morgan fingerprint density at radius 2 is 2.00 bits per heavy atom. The molecule has 0 aromatic carbocycles. The van der Waals surface area contributed by atoms with Crippen LogP contribution in [-0.2, 0) is 0 Å². The Morgan fingerprint density at radius 3 is 2.11 bits per heavy atom. The second-order valence-electron chi connectivity index (χ2n) is 2.53. The number of hydrogen-bond acceptors (Lipinski definition) is 1. The van der Waals surface area contributed by atoms with Crippen molar-refractivity contribution in [3.05, 3.63) is 12.7 Å². The molecule has 0 aliphatic carbocycles. The zero-order valence-electron chi connectivity index (χ0n) is 6.13. The van der Waals surface area contributed by atoms with Crippen LogP contribution in [0.15, 0.2) is 12.7 Å². The highest BCUT2D eigenvalue weighted by Crippen LogP contribution is 2.01. The molecule has 56 valence electrons. The van der Waals surface area contributed by atoms with E-state index in [1.54, 1.807) is 6.08 Å². The number of rotatable bonds is 3. The van der Waals surface area contributed by atoms with E-state index in [0.29, 0.717) is 5.92 Å². The molecule has 0 aliphatic heterocycles. The monoisotopic (exact) mass is 149 g/mol. The lowest BCUT2D eigenvalue weighted by molar-refractivity contribution is 0.547. The molecule has 0 amide bonds. The molecule has 0 radical (unpaired) electrons.